The zero-order chi connectivity index (χ0) is 13.1. The molecule has 2 aromatic heterocycles. The number of aromatic nitrogens is 2. The smallest absolute Gasteiger partial charge is 0.133 e. The van der Waals surface area contributed by atoms with Gasteiger partial charge in [0, 0.05) is 19.0 Å². The van der Waals surface area contributed by atoms with Gasteiger partial charge in [-0.05, 0) is 37.3 Å². The lowest BCUT2D eigenvalue weighted by molar-refractivity contribution is 0.835. The lowest BCUT2D eigenvalue weighted by Crippen LogP contribution is -2.05. The number of hydrogen-bond acceptors (Lipinski definition) is 4. The molecule has 3 nitrogen and oxygen atoms in total. The van der Waals surface area contributed by atoms with Gasteiger partial charge in [-0.3, -0.25) is 0 Å². The molecular formula is C14H19N3S. The van der Waals surface area contributed by atoms with E-state index in [1.807, 2.05) is 7.05 Å². The number of thiophene rings is 1. The van der Waals surface area contributed by atoms with Crippen molar-refractivity contribution in [3.8, 4) is 10.6 Å². The summed E-state index contributed by atoms with van der Waals surface area (Å²) in [6.07, 6.45) is 1.99. The normalized spacial score (nSPS) is 10.7. The average Bonchev–Trinajstić information content (AvgIpc) is 2.78. The summed E-state index contributed by atoms with van der Waals surface area (Å²) in [6.45, 7) is 6.36. The van der Waals surface area contributed by atoms with Crippen LogP contribution in [0.1, 0.15) is 30.3 Å². The van der Waals surface area contributed by atoms with Crippen LogP contribution in [0.2, 0.25) is 0 Å². The van der Waals surface area contributed by atoms with E-state index >= 15 is 0 Å². The van der Waals surface area contributed by atoms with Crippen LogP contribution >= 0.6 is 11.3 Å². The second-order valence-electron chi connectivity index (χ2n) is 4.39. The molecule has 0 radical (unpaired) electrons. The maximum atomic E-state index is 4.73. The van der Waals surface area contributed by atoms with Crippen molar-refractivity contribution in [2.45, 2.75) is 33.6 Å². The molecule has 0 saturated heterocycles. The summed E-state index contributed by atoms with van der Waals surface area (Å²) in [5.74, 6) is 1.87. The summed E-state index contributed by atoms with van der Waals surface area (Å²) in [6, 6.07) is 2.14. The van der Waals surface area contributed by atoms with Crippen LogP contribution in [0.4, 0.5) is 5.82 Å². The first-order valence-electron chi connectivity index (χ1n) is 6.27. The fourth-order valence-electron chi connectivity index (χ4n) is 1.98. The van der Waals surface area contributed by atoms with Crippen molar-refractivity contribution in [2.75, 3.05) is 12.4 Å². The highest BCUT2D eigenvalue weighted by Crippen LogP contribution is 2.32. The van der Waals surface area contributed by atoms with E-state index in [1.165, 1.54) is 10.4 Å². The minimum absolute atomic E-state index is 0.923. The summed E-state index contributed by atoms with van der Waals surface area (Å²) in [7, 11) is 1.91. The summed E-state index contributed by atoms with van der Waals surface area (Å²) < 4.78 is 0. The molecule has 96 valence electrons. The van der Waals surface area contributed by atoms with Crippen LogP contribution in [0, 0.1) is 13.8 Å². The van der Waals surface area contributed by atoms with Crippen molar-refractivity contribution in [1.29, 1.82) is 0 Å². The largest absolute Gasteiger partial charge is 0.373 e. The molecule has 18 heavy (non-hydrogen) atoms. The maximum Gasteiger partial charge on any atom is 0.133 e. The Kier molecular flexibility index (Phi) is 3.97. The SMILES string of the molecule is CCCc1nc(NC)c(C)c(-c2sccc2C)n1. The zero-order valence-electron chi connectivity index (χ0n) is 11.4. The van der Waals surface area contributed by atoms with Crippen molar-refractivity contribution in [2.24, 2.45) is 0 Å². The Hall–Kier alpha value is -1.42. The van der Waals surface area contributed by atoms with Gasteiger partial charge >= 0.3 is 0 Å². The number of anilines is 1. The van der Waals surface area contributed by atoms with Gasteiger partial charge in [-0.25, -0.2) is 9.97 Å². The molecule has 0 aliphatic carbocycles. The number of aryl methyl sites for hydroxylation is 2. The van der Waals surface area contributed by atoms with Crippen molar-refractivity contribution in [1.82, 2.24) is 9.97 Å². The Morgan fingerprint density at radius 1 is 1.28 bits per heavy atom. The van der Waals surface area contributed by atoms with Crippen molar-refractivity contribution in [3.63, 3.8) is 0 Å². The van der Waals surface area contributed by atoms with E-state index in [2.05, 4.69) is 42.5 Å². The van der Waals surface area contributed by atoms with Gasteiger partial charge in [0.05, 0.1) is 10.6 Å². The van der Waals surface area contributed by atoms with Crippen LogP contribution in [-0.2, 0) is 6.42 Å². The molecule has 0 fully saturated rings. The van der Waals surface area contributed by atoms with Crippen LogP contribution in [-0.4, -0.2) is 17.0 Å². The first-order valence-corrected chi connectivity index (χ1v) is 7.15. The third-order valence-electron chi connectivity index (χ3n) is 2.98. The lowest BCUT2D eigenvalue weighted by Gasteiger charge is -2.11. The highest BCUT2D eigenvalue weighted by atomic mass is 32.1. The van der Waals surface area contributed by atoms with Gasteiger partial charge in [0.2, 0.25) is 0 Å². The molecule has 0 saturated carbocycles. The highest BCUT2D eigenvalue weighted by Gasteiger charge is 2.14. The lowest BCUT2D eigenvalue weighted by atomic mass is 10.1. The number of nitrogens with one attached hydrogen (secondary N) is 1. The van der Waals surface area contributed by atoms with E-state index in [-0.39, 0.29) is 0 Å². The van der Waals surface area contributed by atoms with E-state index in [4.69, 9.17) is 4.98 Å². The van der Waals surface area contributed by atoms with E-state index in [1.54, 1.807) is 11.3 Å². The van der Waals surface area contributed by atoms with E-state index in [9.17, 15) is 0 Å². The van der Waals surface area contributed by atoms with Gasteiger partial charge in [-0.2, -0.15) is 0 Å². The second kappa shape index (κ2) is 5.48. The molecule has 2 aromatic rings. The molecule has 1 N–H and O–H groups in total. The standard InChI is InChI=1S/C14H19N3S/c1-5-6-11-16-12(10(3)14(15-4)17-11)13-9(2)7-8-18-13/h7-8H,5-6H2,1-4H3,(H,15,16,17). The first-order chi connectivity index (χ1) is 8.67. The number of rotatable bonds is 4. The Bertz CT molecular complexity index is 546. The van der Waals surface area contributed by atoms with Crippen molar-refractivity contribution >= 4 is 17.2 Å². The number of nitrogens with zero attached hydrogens (tertiary/aromatic N) is 2. The molecule has 4 heteroatoms. The Labute approximate surface area is 112 Å². The molecule has 0 aromatic carbocycles. The summed E-state index contributed by atoms with van der Waals surface area (Å²) in [4.78, 5) is 10.5. The van der Waals surface area contributed by atoms with Gasteiger partial charge in [0.25, 0.3) is 0 Å². The van der Waals surface area contributed by atoms with E-state index in [0.29, 0.717) is 0 Å². The van der Waals surface area contributed by atoms with Crippen LogP contribution < -0.4 is 5.32 Å². The molecule has 2 rings (SSSR count). The van der Waals surface area contributed by atoms with Gasteiger partial charge in [0.15, 0.2) is 0 Å². The molecule has 0 aliphatic heterocycles. The Morgan fingerprint density at radius 2 is 2.06 bits per heavy atom. The third-order valence-corrected chi connectivity index (χ3v) is 4.00. The summed E-state index contributed by atoms with van der Waals surface area (Å²) in [5, 5.41) is 5.29. The molecule has 0 unspecified atom stereocenters. The van der Waals surface area contributed by atoms with Gasteiger partial charge in [0.1, 0.15) is 11.6 Å². The predicted molar refractivity (Wildman–Crippen MR) is 78.4 cm³/mol. The predicted octanol–water partition coefficient (Wildman–Crippen LogP) is 3.82. The van der Waals surface area contributed by atoms with Crippen LogP contribution in [0.3, 0.4) is 0 Å². The summed E-state index contributed by atoms with van der Waals surface area (Å²) >= 11 is 1.74. The molecule has 0 atom stereocenters. The molecule has 0 bridgehead atoms. The average molecular weight is 261 g/mol. The highest BCUT2D eigenvalue weighted by molar-refractivity contribution is 7.13. The van der Waals surface area contributed by atoms with Crippen molar-refractivity contribution in [3.05, 3.63) is 28.4 Å². The minimum Gasteiger partial charge on any atom is -0.373 e. The molecular weight excluding hydrogens is 242 g/mol. The molecule has 0 aliphatic rings. The fourth-order valence-corrected chi connectivity index (χ4v) is 2.95. The van der Waals surface area contributed by atoms with Crippen LogP contribution in [0.15, 0.2) is 11.4 Å². The van der Waals surface area contributed by atoms with E-state index < -0.39 is 0 Å². The van der Waals surface area contributed by atoms with Crippen LogP contribution in [0.5, 0.6) is 0 Å². The third kappa shape index (κ3) is 2.38. The first kappa shape index (κ1) is 13.0. The maximum absolute atomic E-state index is 4.73. The topological polar surface area (TPSA) is 37.8 Å². The van der Waals surface area contributed by atoms with Gasteiger partial charge < -0.3 is 5.32 Å². The molecule has 0 spiro atoms. The second-order valence-corrected chi connectivity index (χ2v) is 5.31. The minimum atomic E-state index is 0.923. The number of hydrogen-bond donors (Lipinski definition) is 1. The summed E-state index contributed by atoms with van der Waals surface area (Å²) in [5.41, 5.74) is 3.49. The fraction of sp³-hybridized carbons (Fsp3) is 0.429. The molecule has 0 amide bonds. The van der Waals surface area contributed by atoms with Crippen molar-refractivity contribution < 1.29 is 0 Å². The Balaban J connectivity index is 2.58. The monoisotopic (exact) mass is 261 g/mol. The van der Waals surface area contributed by atoms with E-state index in [0.717, 1.165) is 35.7 Å². The van der Waals surface area contributed by atoms with Crippen LogP contribution in [0.25, 0.3) is 10.6 Å². The zero-order valence-corrected chi connectivity index (χ0v) is 12.2. The molecule has 2 heterocycles. The van der Waals surface area contributed by atoms with Gasteiger partial charge in [-0.1, -0.05) is 6.92 Å². The quantitative estimate of drug-likeness (QED) is 0.909. The Morgan fingerprint density at radius 3 is 2.61 bits per heavy atom. The van der Waals surface area contributed by atoms with Gasteiger partial charge in [-0.15, -0.1) is 11.3 Å².